The summed E-state index contributed by atoms with van der Waals surface area (Å²) in [5, 5.41) is 5.53. The summed E-state index contributed by atoms with van der Waals surface area (Å²) in [5.74, 6) is 0.203. The second-order valence-corrected chi connectivity index (χ2v) is 6.47. The van der Waals surface area contributed by atoms with Crippen molar-refractivity contribution in [2.75, 3.05) is 24.9 Å². The molecule has 0 atom stereocenters. The van der Waals surface area contributed by atoms with E-state index in [1.165, 1.54) is 14.2 Å². The molecular weight excluding hydrogens is 332 g/mol. The van der Waals surface area contributed by atoms with Crippen LogP contribution in [0.2, 0.25) is 0 Å². The van der Waals surface area contributed by atoms with Crippen LogP contribution in [0.5, 0.6) is 11.5 Å². The summed E-state index contributed by atoms with van der Waals surface area (Å²) in [6.07, 6.45) is 0. The number of rotatable bonds is 6. The molecule has 0 bridgehead atoms. The summed E-state index contributed by atoms with van der Waals surface area (Å²) in [6.45, 7) is 5.07. The molecule has 0 aliphatic rings. The topological polar surface area (TPSA) is 76.7 Å². The Hall–Kier alpha value is -3.02. The summed E-state index contributed by atoms with van der Waals surface area (Å²) in [6, 6.07) is 12.5. The minimum Gasteiger partial charge on any atom is -0.497 e. The van der Waals surface area contributed by atoms with Crippen LogP contribution in [0, 0.1) is 12.3 Å². The highest BCUT2D eigenvalue weighted by Gasteiger charge is 2.36. The first-order chi connectivity index (χ1) is 12.3. The lowest BCUT2D eigenvalue weighted by atomic mass is 9.90. The Balaban J connectivity index is 2.18. The van der Waals surface area contributed by atoms with Gasteiger partial charge in [0.1, 0.15) is 16.9 Å². The molecule has 0 aromatic heterocycles. The highest BCUT2D eigenvalue weighted by molar-refractivity contribution is 6.14. The Labute approximate surface area is 153 Å². The number of hydrogen-bond acceptors (Lipinski definition) is 4. The molecule has 0 aliphatic heterocycles. The van der Waals surface area contributed by atoms with Gasteiger partial charge in [0.05, 0.1) is 19.9 Å². The first kappa shape index (κ1) is 19.3. The molecule has 0 radical (unpaired) electrons. The summed E-state index contributed by atoms with van der Waals surface area (Å²) in [4.78, 5) is 25.4. The van der Waals surface area contributed by atoms with Crippen LogP contribution in [0.4, 0.5) is 11.4 Å². The van der Waals surface area contributed by atoms with Crippen molar-refractivity contribution in [2.45, 2.75) is 20.8 Å². The summed E-state index contributed by atoms with van der Waals surface area (Å²) in [5.41, 5.74) is 0.812. The Morgan fingerprint density at radius 1 is 0.923 bits per heavy atom. The van der Waals surface area contributed by atoms with Crippen LogP contribution in [0.15, 0.2) is 42.5 Å². The largest absolute Gasteiger partial charge is 0.497 e. The fraction of sp³-hybridized carbons (Fsp3) is 0.300. The van der Waals surface area contributed by atoms with Crippen molar-refractivity contribution in [3.8, 4) is 11.5 Å². The smallest absolute Gasteiger partial charge is 0.239 e. The van der Waals surface area contributed by atoms with Crippen LogP contribution >= 0.6 is 0 Å². The number of carbonyl (C=O) groups is 2. The number of aryl methyl sites for hydroxylation is 1. The molecule has 0 fully saturated rings. The summed E-state index contributed by atoms with van der Waals surface area (Å²) >= 11 is 0. The lowest BCUT2D eigenvalue weighted by Crippen LogP contribution is -2.41. The van der Waals surface area contributed by atoms with Gasteiger partial charge in [-0.3, -0.25) is 9.59 Å². The average Bonchev–Trinajstić information content (AvgIpc) is 2.61. The van der Waals surface area contributed by atoms with Crippen molar-refractivity contribution in [3.63, 3.8) is 0 Å². The molecule has 138 valence electrons. The molecule has 6 heteroatoms. The van der Waals surface area contributed by atoms with E-state index in [0.717, 1.165) is 5.56 Å². The molecule has 2 aromatic rings. The normalized spacial score (nSPS) is 10.8. The van der Waals surface area contributed by atoms with Gasteiger partial charge >= 0.3 is 0 Å². The molecule has 0 unspecified atom stereocenters. The third kappa shape index (κ3) is 4.33. The van der Waals surface area contributed by atoms with Gasteiger partial charge in [-0.1, -0.05) is 12.1 Å². The van der Waals surface area contributed by atoms with E-state index in [0.29, 0.717) is 22.9 Å². The Bertz CT molecular complexity index is 815. The number of methoxy groups -OCH3 is 2. The Morgan fingerprint density at radius 3 is 2.23 bits per heavy atom. The molecule has 26 heavy (non-hydrogen) atoms. The van der Waals surface area contributed by atoms with Gasteiger partial charge in [-0.05, 0) is 50.6 Å². The van der Waals surface area contributed by atoms with Gasteiger partial charge in [-0.15, -0.1) is 0 Å². The SMILES string of the molecule is COc1ccc(OC)c(NC(=O)C(C)(C)C(=O)Nc2cccc(C)c2)c1. The van der Waals surface area contributed by atoms with Crippen LogP contribution in [0.3, 0.4) is 0 Å². The van der Waals surface area contributed by atoms with Gasteiger partial charge in [0.2, 0.25) is 11.8 Å². The highest BCUT2D eigenvalue weighted by Crippen LogP contribution is 2.31. The lowest BCUT2D eigenvalue weighted by molar-refractivity contribution is -0.135. The second-order valence-electron chi connectivity index (χ2n) is 6.47. The van der Waals surface area contributed by atoms with E-state index in [2.05, 4.69) is 10.6 Å². The number of ether oxygens (including phenoxy) is 2. The first-order valence-electron chi connectivity index (χ1n) is 8.19. The zero-order valence-corrected chi connectivity index (χ0v) is 15.7. The number of benzene rings is 2. The van der Waals surface area contributed by atoms with E-state index in [1.54, 1.807) is 38.1 Å². The van der Waals surface area contributed by atoms with E-state index in [-0.39, 0.29) is 0 Å². The van der Waals surface area contributed by atoms with Crippen LogP contribution in [-0.4, -0.2) is 26.0 Å². The Morgan fingerprint density at radius 2 is 1.62 bits per heavy atom. The van der Waals surface area contributed by atoms with E-state index >= 15 is 0 Å². The number of nitrogens with one attached hydrogen (secondary N) is 2. The number of hydrogen-bond donors (Lipinski definition) is 2. The summed E-state index contributed by atoms with van der Waals surface area (Å²) < 4.78 is 10.4. The van der Waals surface area contributed by atoms with Crippen molar-refractivity contribution in [1.82, 2.24) is 0 Å². The second kappa shape index (κ2) is 7.91. The maximum atomic E-state index is 12.7. The number of anilines is 2. The quantitative estimate of drug-likeness (QED) is 0.775. The van der Waals surface area contributed by atoms with E-state index in [1.807, 2.05) is 25.1 Å². The molecule has 0 spiro atoms. The van der Waals surface area contributed by atoms with E-state index in [4.69, 9.17) is 9.47 Å². The van der Waals surface area contributed by atoms with Gasteiger partial charge in [0, 0.05) is 11.8 Å². The molecule has 0 saturated carbocycles. The Kier molecular flexibility index (Phi) is 5.87. The fourth-order valence-corrected chi connectivity index (χ4v) is 2.30. The fourth-order valence-electron chi connectivity index (χ4n) is 2.30. The molecule has 0 saturated heterocycles. The summed E-state index contributed by atoms with van der Waals surface area (Å²) in [7, 11) is 3.04. The van der Waals surface area contributed by atoms with Crippen molar-refractivity contribution < 1.29 is 19.1 Å². The molecule has 2 N–H and O–H groups in total. The van der Waals surface area contributed by atoms with Gasteiger partial charge in [0.25, 0.3) is 0 Å². The first-order valence-corrected chi connectivity index (χ1v) is 8.19. The molecule has 2 amide bonds. The maximum Gasteiger partial charge on any atom is 0.239 e. The van der Waals surface area contributed by atoms with Crippen molar-refractivity contribution in [1.29, 1.82) is 0 Å². The zero-order chi connectivity index (χ0) is 19.3. The van der Waals surface area contributed by atoms with E-state index < -0.39 is 17.2 Å². The highest BCUT2D eigenvalue weighted by atomic mass is 16.5. The van der Waals surface area contributed by atoms with Crippen LogP contribution in [0.25, 0.3) is 0 Å². The molecule has 2 rings (SSSR count). The minimum atomic E-state index is -1.29. The molecule has 0 heterocycles. The van der Waals surface area contributed by atoms with Gasteiger partial charge < -0.3 is 20.1 Å². The predicted octanol–water partition coefficient (Wildman–Crippen LogP) is 3.62. The monoisotopic (exact) mass is 356 g/mol. The number of amides is 2. The standard InChI is InChI=1S/C20H24N2O4/c1-13-7-6-8-14(11-13)21-18(23)20(2,3)19(24)22-16-12-15(25-4)9-10-17(16)26-5/h6-12H,1-5H3,(H,21,23)(H,22,24). The average molecular weight is 356 g/mol. The van der Waals surface area contributed by atoms with Crippen molar-refractivity contribution in [3.05, 3.63) is 48.0 Å². The third-order valence-electron chi connectivity index (χ3n) is 4.07. The molecule has 0 aliphatic carbocycles. The number of carbonyl (C=O) groups excluding carboxylic acids is 2. The van der Waals surface area contributed by atoms with Crippen molar-refractivity contribution >= 4 is 23.2 Å². The van der Waals surface area contributed by atoms with E-state index in [9.17, 15) is 9.59 Å². The lowest BCUT2D eigenvalue weighted by Gasteiger charge is -2.23. The molecular formula is C20H24N2O4. The van der Waals surface area contributed by atoms with Gasteiger partial charge in [-0.2, -0.15) is 0 Å². The maximum absolute atomic E-state index is 12.7. The minimum absolute atomic E-state index is 0.400. The predicted molar refractivity (Wildman–Crippen MR) is 102 cm³/mol. The van der Waals surface area contributed by atoms with Crippen LogP contribution < -0.4 is 20.1 Å². The molecule has 6 nitrogen and oxygen atoms in total. The van der Waals surface area contributed by atoms with Crippen molar-refractivity contribution in [2.24, 2.45) is 5.41 Å². The van der Waals surface area contributed by atoms with Crippen LogP contribution in [-0.2, 0) is 9.59 Å². The third-order valence-corrected chi connectivity index (χ3v) is 4.07. The zero-order valence-electron chi connectivity index (χ0n) is 15.7. The molecule has 2 aromatic carbocycles. The van der Waals surface area contributed by atoms with Crippen LogP contribution in [0.1, 0.15) is 19.4 Å². The van der Waals surface area contributed by atoms with Gasteiger partial charge in [-0.25, -0.2) is 0 Å². The van der Waals surface area contributed by atoms with Gasteiger partial charge in [0.15, 0.2) is 0 Å².